The van der Waals surface area contributed by atoms with E-state index in [0.29, 0.717) is 11.8 Å². The summed E-state index contributed by atoms with van der Waals surface area (Å²) in [6.45, 7) is 0. The molecule has 0 amide bonds. The smallest absolute Gasteiger partial charge is 0.0642 e. The Kier molecular flexibility index (Phi) is 2.08. The van der Waals surface area contributed by atoms with Crippen LogP contribution in [-0.2, 0) is 0 Å². The van der Waals surface area contributed by atoms with Crippen LogP contribution in [0, 0.1) is 23.7 Å². The van der Waals surface area contributed by atoms with Crippen LogP contribution in [0.25, 0.3) is 0 Å². The number of hydrogen-bond acceptors (Lipinski definition) is 2. The number of allylic oxidation sites excluding steroid dienone is 6. The van der Waals surface area contributed by atoms with Gasteiger partial charge in [-0.25, -0.2) is 0 Å². The molecule has 0 radical (unpaired) electrons. The van der Waals surface area contributed by atoms with E-state index in [1.165, 1.54) is 0 Å². The monoisotopic (exact) mass is 192 g/mol. The highest BCUT2D eigenvalue weighted by Crippen LogP contribution is 2.34. The van der Waals surface area contributed by atoms with Gasteiger partial charge < -0.3 is 0 Å². The van der Waals surface area contributed by atoms with Crippen LogP contribution in [0.15, 0.2) is 34.1 Å². The second kappa shape index (κ2) is 3.08. The van der Waals surface area contributed by atoms with Crippen molar-refractivity contribution in [1.29, 1.82) is 0 Å². The molecule has 0 fully saturated rings. The van der Waals surface area contributed by atoms with Crippen molar-refractivity contribution in [1.82, 2.24) is 0 Å². The first-order chi connectivity index (χ1) is 5.79. The molecule has 2 rings (SSSR count). The van der Waals surface area contributed by atoms with Crippen LogP contribution in [0.3, 0.4) is 0 Å². The molecule has 0 spiro atoms. The molecule has 0 aliphatic heterocycles. The van der Waals surface area contributed by atoms with E-state index in [9.17, 15) is 0 Å². The van der Waals surface area contributed by atoms with Crippen LogP contribution in [0.1, 0.15) is 0 Å². The summed E-state index contributed by atoms with van der Waals surface area (Å²) in [7, 11) is 0. The average Bonchev–Trinajstić information content (AvgIpc) is 2.12. The topological polar surface area (TPSA) is 0 Å². The van der Waals surface area contributed by atoms with Gasteiger partial charge in [-0.05, 0) is 0 Å². The van der Waals surface area contributed by atoms with Crippen molar-refractivity contribution < 1.29 is 0 Å². The lowest BCUT2D eigenvalue weighted by Gasteiger charge is -2.22. The highest BCUT2D eigenvalue weighted by atomic mass is 32.1. The van der Waals surface area contributed by atoms with Gasteiger partial charge in [-0.1, -0.05) is 36.1 Å². The number of rotatable bonds is 0. The Morgan fingerprint density at radius 1 is 1.17 bits per heavy atom. The summed E-state index contributed by atoms with van der Waals surface area (Å²) in [5.41, 5.74) is 0. The van der Waals surface area contributed by atoms with E-state index in [2.05, 4.69) is 49.3 Å². The molecule has 60 valence electrons. The number of fused-ring (bicyclic) bond motifs is 1. The summed E-state index contributed by atoms with van der Waals surface area (Å²) in [6, 6.07) is 0. The third-order valence-corrected chi connectivity index (χ3v) is 3.10. The minimum atomic E-state index is 0.304. The molecule has 0 heterocycles. The lowest BCUT2D eigenvalue weighted by molar-refractivity contribution is 0.674. The lowest BCUT2D eigenvalue weighted by atomic mass is 9.86. The number of hydrogen-bond donors (Lipinski definition) is 2. The van der Waals surface area contributed by atoms with E-state index >= 15 is 0 Å². The van der Waals surface area contributed by atoms with E-state index in [1.807, 2.05) is 12.2 Å². The first-order valence-electron chi connectivity index (χ1n) is 3.77. The van der Waals surface area contributed by atoms with Crippen molar-refractivity contribution in [3.8, 4) is 11.8 Å². The quantitative estimate of drug-likeness (QED) is 0.427. The molecule has 2 heteroatoms. The fraction of sp³-hybridized carbons (Fsp3) is 0.200. The maximum Gasteiger partial charge on any atom is 0.0642 e. The largest absolute Gasteiger partial charge is 0.145 e. The van der Waals surface area contributed by atoms with Crippen molar-refractivity contribution in [2.24, 2.45) is 11.8 Å². The highest BCUT2D eigenvalue weighted by Gasteiger charge is 2.22. The van der Waals surface area contributed by atoms with Gasteiger partial charge in [-0.3, -0.25) is 0 Å². The van der Waals surface area contributed by atoms with E-state index in [-0.39, 0.29) is 0 Å². The summed E-state index contributed by atoms with van der Waals surface area (Å²) in [5.74, 6) is 6.72. The molecule has 2 unspecified atom stereocenters. The average molecular weight is 192 g/mol. The second-order valence-corrected chi connectivity index (χ2v) is 3.75. The first kappa shape index (κ1) is 8.10. The molecule has 2 aliphatic rings. The Labute approximate surface area is 83.3 Å². The Morgan fingerprint density at radius 2 is 1.92 bits per heavy atom. The fourth-order valence-corrected chi connectivity index (χ4v) is 1.90. The second-order valence-electron chi connectivity index (χ2n) is 2.82. The summed E-state index contributed by atoms with van der Waals surface area (Å²) in [6.07, 6.45) is 8.29. The molecule has 0 nitrogen and oxygen atoms in total. The summed E-state index contributed by atoms with van der Waals surface area (Å²) < 4.78 is 0. The van der Waals surface area contributed by atoms with Crippen LogP contribution in [0.2, 0.25) is 0 Å². The first-order valence-corrected chi connectivity index (χ1v) is 4.67. The molecular formula is C10H8S2. The summed E-state index contributed by atoms with van der Waals surface area (Å²) in [5, 5.41) is 0. The normalized spacial score (nSPS) is 31.2. The van der Waals surface area contributed by atoms with E-state index in [0.717, 1.165) is 9.81 Å². The Bertz CT molecular complexity index is 350. The van der Waals surface area contributed by atoms with Gasteiger partial charge >= 0.3 is 0 Å². The van der Waals surface area contributed by atoms with Gasteiger partial charge in [0.15, 0.2) is 0 Å². The molecule has 0 aromatic rings. The molecule has 0 aromatic carbocycles. The van der Waals surface area contributed by atoms with Gasteiger partial charge in [-0.2, -0.15) is 0 Å². The van der Waals surface area contributed by atoms with Crippen molar-refractivity contribution in [2.45, 2.75) is 0 Å². The molecule has 0 aromatic heterocycles. The fourth-order valence-electron chi connectivity index (χ4n) is 1.38. The van der Waals surface area contributed by atoms with Crippen LogP contribution < -0.4 is 0 Å². The number of thiol groups is 2. The SMILES string of the molecule is SC1=C(S)C2C=CC=CC2C#C1. The van der Waals surface area contributed by atoms with Crippen LogP contribution in [0.5, 0.6) is 0 Å². The van der Waals surface area contributed by atoms with Gasteiger partial charge in [0.1, 0.15) is 0 Å². The van der Waals surface area contributed by atoms with Gasteiger partial charge in [0.25, 0.3) is 0 Å². The van der Waals surface area contributed by atoms with Gasteiger partial charge in [-0.15, -0.1) is 25.3 Å². The molecule has 0 bridgehead atoms. The maximum atomic E-state index is 4.39. The zero-order valence-corrected chi connectivity index (χ0v) is 8.15. The highest BCUT2D eigenvalue weighted by molar-refractivity contribution is 7.88. The molecule has 0 saturated heterocycles. The zero-order chi connectivity index (χ0) is 8.55. The van der Waals surface area contributed by atoms with E-state index < -0.39 is 0 Å². The van der Waals surface area contributed by atoms with Crippen molar-refractivity contribution in [2.75, 3.05) is 0 Å². The molecule has 2 atom stereocenters. The van der Waals surface area contributed by atoms with Gasteiger partial charge in [0, 0.05) is 16.7 Å². The lowest BCUT2D eigenvalue weighted by Crippen LogP contribution is -2.14. The van der Waals surface area contributed by atoms with Crippen LogP contribution in [-0.4, -0.2) is 0 Å². The predicted octanol–water partition coefficient (Wildman–Crippen LogP) is 2.43. The molecule has 12 heavy (non-hydrogen) atoms. The zero-order valence-electron chi connectivity index (χ0n) is 6.36. The van der Waals surface area contributed by atoms with Gasteiger partial charge in [0.05, 0.1) is 4.91 Å². The molecule has 0 N–H and O–H groups in total. The van der Waals surface area contributed by atoms with E-state index in [1.54, 1.807) is 0 Å². The summed E-state index contributed by atoms with van der Waals surface area (Å²) >= 11 is 8.64. The molecular weight excluding hydrogens is 184 g/mol. The predicted molar refractivity (Wildman–Crippen MR) is 58.0 cm³/mol. The molecule has 2 aliphatic carbocycles. The third-order valence-electron chi connectivity index (χ3n) is 2.05. The van der Waals surface area contributed by atoms with E-state index in [4.69, 9.17) is 0 Å². The van der Waals surface area contributed by atoms with Crippen molar-refractivity contribution in [3.05, 3.63) is 34.1 Å². The van der Waals surface area contributed by atoms with Crippen molar-refractivity contribution in [3.63, 3.8) is 0 Å². The summed E-state index contributed by atoms with van der Waals surface area (Å²) in [4.78, 5) is 1.79. The molecule has 0 saturated carbocycles. The maximum absolute atomic E-state index is 4.39. The Balaban J connectivity index is 2.42. The van der Waals surface area contributed by atoms with Gasteiger partial charge in [0.2, 0.25) is 0 Å². The minimum Gasteiger partial charge on any atom is -0.145 e. The van der Waals surface area contributed by atoms with Crippen LogP contribution >= 0.6 is 25.3 Å². The standard InChI is InChI=1S/C10H8S2/c11-9-6-5-7-3-1-2-4-8(7)10(9)12/h1-4,7-8,11-12H. The van der Waals surface area contributed by atoms with Crippen molar-refractivity contribution >= 4 is 25.3 Å². The van der Waals surface area contributed by atoms with Crippen LogP contribution in [0.4, 0.5) is 0 Å². The Morgan fingerprint density at radius 3 is 2.75 bits per heavy atom. The minimum absolute atomic E-state index is 0.304. The Hall–Kier alpha value is -0.520. The third kappa shape index (κ3) is 1.24.